The molecule has 0 aliphatic rings. The van der Waals surface area contributed by atoms with E-state index in [2.05, 4.69) is 21.5 Å². The summed E-state index contributed by atoms with van der Waals surface area (Å²) < 4.78 is 5.32. The topological polar surface area (TPSA) is 94.2 Å². The number of pyridine rings is 1. The molecule has 0 aromatic carbocycles. The average molecular weight is 353 g/mol. The number of nitrogen functional groups attached to an aromatic ring is 1. The van der Waals surface area contributed by atoms with Crippen LogP contribution in [0.2, 0.25) is 0 Å². The van der Waals surface area contributed by atoms with Crippen LogP contribution in [-0.2, 0) is 4.74 Å². The van der Waals surface area contributed by atoms with Gasteiger partial charge in [-0.3, -0.25) is 9.78 Å². The molecule has 2 N–H and O–H groups in total. The first-order valence-electron chi connectivity index (χ1n) is 8.16. The van der Waals surface area contributed by atoms with Crippen molar-refractivity contribution in [2.45, 2.75) is 26.8 Å². The molecule has 0 aliphatic carbocycles. The Labute approximate surface area is 153 Å². The van der Waals surface area contributed by atoms with Crippen LogP contribution < -0.4 is 5.73 Å². The van der Waals surface area contributed by atoms with Crippen LogP contribution in [0.5, 0.6) is 0 Å². The third-order valence-electron chi connectivity index (χ3n) is 3.93. The van der Waals surface area contributed by atoms with Gasteiger partial charge in [0.1, 0.15) is 11.5 Å². The summed E-state index contributed by atoms with van der Waals surface area (Å²) >= 11 is 0. The predicted molar refractivity (Wildman–Crippen MR) is 101 cm³/mol. The van der Waals surface area contributed by atoms with Crippen LogP contribution in [-0.4, -0.2) is 32.8 Å². The second kappa shape index (κ2) is 8.24. The predicted octanol–water partition coefficient (Wildman–Crippen LogP) is 3.12. The Morgan fingerprint density at radius 3 is 2.69 bits per heavy atom. The summed E-state index contributed by atoms with van der Waals surface area (Å²) in [6, 6.07) is 5.32. The van der Waals surface area contributed by atoms with Gasteiger partial charge in [-0.15, -0.1) is 0 Å². The standard InChI is InChI=1S/C19H23N5O2/c1-6-11-26-14(4)16-12(2)22-17(18(20)23-16)19(25)24(5)13(3)15-9-7-8-10-21-15/h6-11,13H,4H2,1-3,5H3,(H2,20,23)/b11-6-. The molecule has 0 fully saturated rings. The van der Waals surface area contributed by atoms with E-state index in [0.717, 1.165) is 5.69 Å². The van der Waals surface area contributed by atoms with Gasteiger partial charge in [-0.1, -0.05) is 18.7 Å². The molecule has 0 aliphatic heterocycles. The van der Waals surface area contributed by atoms with Gasteiger partial charge in [0.05, 0.1) is 23.7 Å². The SMILES string of the molecule is C=C(O/C=C\C)c1nc(N)c(C(=O)N(C)C(C)c2ccccn2)nc1C. The first-order valence-corrected chi connectivity index (χ1v) is 8.16. The van der Waals surface area contributed by atoms with Crippen molar-refractivity contribution in [3.8, 4) is 0 Å². The molecular formula is C19H23N5O2. The number of nitrogens with zero attached hydrogens (tertiary/aromatic N) is 4. The summed E-state index contributed by atoms with van der Waals surface area (Å²) in [6.07, 6.45) is 4.90. The van der Waals surface area contributed by atoms with E-state index in [1.165, 1.54) is 11.2 Å². The smallest absolute Gasteiger partial charge is 0.276 e. The van der Waals surface area contributed by atoms with E-state index in [-0.39, 0.29) is 23.5 Å². The number of allylic oxidation sites excluding steroid dienone is 1. The van der Waals surface area contributed by atoms with Crippen molar-refractivity contribution in [2.75, 3.05) is 12.8 Å². The number of aryl methyl sites for hydroxylation is 1. The van der Waals surface area contributed by atoms with Gasteiger partial charge >= 0.3 is 0 Å². The molecule has 7 heteroatoms. The van der Waals surface area contributed by atoms with Gasteiger partial charge in [-0.25, -0.2) is 9.97 Å². The maximum absolute atomic E-state index is 12.8. The minimum Gasteiger partial charge on any atom is -0.464 e. The Bertz CT molecular complexity index is 833. The molecule has 2 heterocycles. The Hall–Kier alpha value is -3.22. The van der Waals surface area contributed by atoms with Gasteiger partial charge in [0, 0.05) is 13.2 Å². The number of ether oxygens (including phenoxy) is 1. The second-order valence-corrected chi connectivity index (χ2v) is 5.75. The number of anilines is 1. The van der Waals surface area contributed by atoms with Gasteiger partial charge in [0.25, 0.3) is 5.91 Å². The van der Waals surface area contributed by atoms with Crippen molar-refractivity contribution in [3.05, 3.63) is 66.1 Å². The molecule has 0 saturated carbocycles. The molecule has 136 valence electrons. The highest BCUT2D eigenvalue weighted by Crippen LogP contribution is 2.22. The minimum absolute atomic E-state index is 0.0286. The van der Waals surface area contributed by atoms with E-state index in [1.54, 1.807) is 26.2 Å². The van der Waals surface area contributed by atoms with Crippen LogP contribution in [0, 0.1) is 6.92 Å². The second-order valence-electron chi connectivity index (χ2n) is 5.75. The third-order valence-corrected chi connectivity index (χ3v) is 3.93. The maximum Gasteiger partial charge on any atom is 0.276 e. The van der Waals surface area contributed by atoms with E-state index >= 15 is 0 Å². The number of amides is 1. The largest absolute Gasteiger partial charge is 0.464 e. The first-order chi connectivity index (χ1) is 12.4. The number of rotatable bonds is 6. The lowest BCUT2D eigenvalue weighted by molar-refractivity contribution is 0.0734. The van der Waals surface area contributed by atoms with Gasteiger partial charge in [0.2, 0.25) is 0 Å². The number of carbonyl (C=O) groups is 1. The van der Waals surface area contributed by atoms with Crippen LogP contribution in [0.25, 0.3) is 5.76 Å². The number of nitrogens with two attached hydrogens (primary N) is 1. The summed E-state index contributed by atoms with van der Waals surface area (Å²) in [5, 5.41) is 0. The van der Waals surface area contributed by atoms with E-state index in [4.69, 9.17) is 10.5 Å². The van der Waals surface area contributed by atoms with Crippen molar-refractivity contribution < 1.29 is 9.53 Å². The zero-order chi connectivity index (χ0) is 19.3. The highest BCUT2D eigenvalue weighted by Gasteiger charge is 2.24. The Morgan fingerprint density at radius 1 is 1.35 bits per heavy atom. The minimum atomic E-state index is -0.331. The molecule has 0 bridgehead atoms. The normalized spacial score (nSPS) is 12.0. The lowest BCUT2D eigenvalue weighted by Crippen LogP contribution is -2.32. The van der Waals surface area contributed by atoms with Crippen molar-refractivity contribution in [2.24, 2.45) is 0 Å². The molecule has 2 rings (SSSR count). The van der Waals surface area contributed by atoms with Gasteiger partial charge < -0.3 is 15.4 Å². The number of aromatic nitrogens is 3. The molecule has 2 aromatic heterocycles. The summed E-state index contributed by atoms with van der Waals surface area (Å²) in [5.74, 6) is 0.0118. The lowest BCUT2D eigenvalue weighted by Gasteiger charge is -2.24. The van der Waals surface area contributed by atoms with E-state index in [0.29, 0.717) is 17.1 Å². The quantitative estimate of drug-likeness (QED) is 0.802. The Morgan fingerprint density at radius 2 is 2.08 bits per heavy atom. The molecule has 1 amide bonds. The van der Waals surface area contributed by atoms with Crippen LogP contribution in [0.15, 0.2) is 43.3 Å². The summed E-state index contributed by atoms with van der Waals surface area (Å²) in [7, 11) is 1.68. The zero-order valence-corrected chi connectivity index (χ0v) is 15.4. The average Bonchev–Trinajstić information content (AvgIpc) is 2.66. The molecule has 0 saturated heterocycles. The van der Waals surface area contributed by atoms with E-state index in [9.17, 15) is 4.79 Å². The number of hydrogen-bond donors (Lipinski definition) is 1. The molecule has 26 heavy (non-hydrogen) atoms. The zero-order valence-electron chi connectivity index (χ0n) is 15.4. The van der Waals surface area contributed by atoms with Crippen molar-refractivity contribution in [3.63, 3.8) is 0 Å². The third kappa shape index (κ3) is 4.05. The monoisotopic (exact) mass is 353 g/mol. The van der Waals surface area contributed by atoms with Gasteiger partial charge in [-0.05, 0) is 32.9 Å². The van der Waals surface area contributed by atoms with E-state index in [1.807, 2.05) is 32.0 Å². The van der Waals surface area contributed by atoms with Crippen molar-refractivity contribution >= 4 is 17.5 Å². The molecule has 2 aromatic rings. The molecular weight excluding hydrogens is 330 g/mol. The Balaban J connectivity index is 2.29. The van der Waals surface area contributed by atoms with E-state index < -0.39 is 0 Å². The fraction of sp³-hybridized carbons (Fsp3) is 0.263. The molecule has 0 spiro atoms. The lowest BCUT2D eigenvalue weighted by atomic mass is 10.1. The Kier molecular flexibility index (Phi) is 6.06. The number of hydrogen-bond acceptors (Lipinski definition) is 6. The summed E-state index contributed by atoms with van der Waals surface area (Å²) in [5.41, 5.74) is 7.77. The van der Waals surface area contributed by atoms with Crippen molar-refractivity contribution in [1.29, 1.82) is 0 Å². The fourth-order valence-corrected chi connectivity index (χ4v) is 2.32. The van der Waals surface area contributed by atoms with Crippen LogP contribution in [0.3, 0.4) is 0 Å². The maximum atomic E-state index is 12.8. The summed E-state index contributed by atoms with van der Waals surface area (Å²) in [4.78, 5) is 27.2. The highest BCUT2D eigenvalue weighted by atomic mass is 16.5. The van der Waals surface area contributed by atoms with Gasteiger partial charge in [-0.2, -0.15) is 0 Å². The van der Waals surface area contributed by atoms with Gasteiger partial charge in [0.15, 0.2) is 11.5 Å². The summed E-state index contributed by atoms with van der Waals surface area (Å²) in [6.45, 7) is 9.24. The van der Waals surface area contributed by atoms with Crippen LogP contribution in [0.4, 0.5) is 5.82 Å². The molecule has 1 unspecified atom stereocenters. The molecule has 0 radical (unpaired) electrons. The number of carbonyl (C=O) groups excluding carboxylic acids is 1. The molecule has 7 nitrogen and oxygen atoms in total. The van der Waals surface area contributed by atoms with Crippen LogP contribution >= 0.6 is 0 Å². The fourth-order valence-electron chi connectivity index (χ4n) is 2.32. The highest BCUT2D eigenvalue weighted by molar-refractivity contribution is 5.96. The first kappa shape index (κ1) is 19.1. The van der Waals surface area contributed by atoms with Crippen LogP contribution in [0.1, 0.15) is 47.5 Å². The van der Waals surface area contributed by atoms with Crippen molar-refractivity contribution in [1.82, 2.24) is 19.9 Å². The molecule has 1 atom stereocenters.